The zero-order valence-corrected chi connectivity index (χ0v) is 19.6. The van der Waals surface area contributed by atoms with E-state index in [1.165, 1.54) is 18.2 Å². The molecule has 0 fully saturated rings. The van der Waals surface area contributed by atoms with Crippen molar-refractivity contribution in [2.45, 2.75) is 31.9 Å². The fourth-order valence-corrected chi connectivity index (χ4v) is 3.81. The van der Waals surface area contributed by atoms with E-state index >= 15 is 0 Å². The number of halogens is 4. The molecule has 3 aromatic rings. The first-order valence-corrected chi connectivity index (χ1v) is 12.3. The fourth-order valence-electron chi connectivity index (χ4n) is 3.25. The van der Waals surface area contributed by atoms with Crippen LogP contribution in [-0.4, -0.2) is 25.4 Å². The summed E-state index contributed by atoms with van der Waals surface area (Å²) in [5, 5.41) is 0. The topological polar surface area (TPSA) is 85.4 Å². The Balaban J connectivity index is 1.76. The van der Waals surface area contributed by atoms with Crippen LogP contribution in [-0.2, 0) is 27.4 Å². The van der Waals surface area contributed by atoms with Crippen molar-refractivity contribution in [3.8, 4) is 11.6 Å². The monoisotopic (exact) mass is 510 g/mol. The van der Waals surface area contributed by atoms with Crippen LogP contribution in [0.15, 0.2) is 60.7 Å². The van der Waals surface area contributed by atoms with E-state index in [1.54, 1.807) is 37.3 Å². The number of rotatable bonds is 9. The normalized spacial score (nSPS) is 12.7. The number of anilines is 1. The number of pyridine rings is 1. The highest BCUT2D eigenvalue weighted by atomic mass is 32.2. The molecule has 35 heavy (non-hydrogen) atoms. The summed E-state index contributed by atoms with van der Waals surface area (Å²) in [6.07, 6.45) is -3.80. The Labute approximate surface area is 200 Å². The van der Waals surface area contributed by atoms with Gasteiger partial charge in [-0.15, -0.1) is 0 Å². The van der Waals surface area contributed by atoms with Crippen LogP contribution < -0.4 is 9.46 Å². The Morgan fingerprint density at radius 2 is 1.77 bits per heavy atom. The number of sulfonamides is 1. The minimum Gasteiger partial charge on any atom is -0.439 e. The van der Waals surface area contributed by atoms with Gasteiger partial charge in [-0.1, -0.05) is 37.3 Å². The van der Waals surface area contributed by atoms with Crippen molar-refractivity contribution < 1.29 is 35.5 Å². The van der Waals surface area contributed by atoms with Gasteiger partial charge in [0.05, 0.1) is 11.9 Å². The number of ether oxygens (including phenoxy) is 1. The second-order valence-electron chi connectivity index (χ2n) is 7.88. The van der Waals surface area contributed by atoms with E-state index < -0.39 is 33.6 Å². The Morgan fingerprint density at radius 3 is 2.37 bits per heavy atom. The smallest absolute Gasteiger partial charge is 0.433 e. The number of alkyl halides is 3. The molecule has 0 amide bonds. The van der Waals surface area contributed by atoms with Gasteiger partial charge >= 0.3 is 6.18 Å². The third-order valence-electron chi connectivity index (χ3n) is 5.10. The molecular formula is C24H22F4N2O4S. The quantitative estimate of drug-likeness (QED) is 0.373. The lowest BCUT2D eigenvalue weighted by Crippen LogP contribution is -2.14. The zero-order chi connectivity index (χ0) is 25.8. The molecule has 11 heteroatoms. The average molecular weight is 511 g/mol. The van der Waals surface area contributed by atoms with Crippen LogP contribution in [0.5, 0.6) is 11.6 Å². The maximum absolute atomic E-state index is 14.3. The first kappa shape index (κ1) is 26.1. The molecule has 0 aliphatic carbocycles. The predicted octanol–water partition coefficient (Wildman–Crippen LogP) is 5.71. The van der Waals surface area contributed by atoms with Gasteiger partial charge in [0.15, 0.2) is 0 Å². The van der Waals surface area contributed by atoms with E-state index in [2.05, 4.69) is 4.98 Å². The number of ketones is 1. The first-order valence-electron chi connectivity index (χ1n) is 10.4. The van der Waals surface area contributed by atoms with Crippen molar-refractivity contribution >= 4 is 21.5 Å². The van der Waals surface area contributed by atoms with Crippen LogP contribution in [0.25, 0.3) is 0 Å². The van der Waals surface area contributed by atoms with E-state index in [4.69, 9.17) is 4.74 Å². The summed E-state index contributed by atoms with van der Waals surface area (Å²) < 4.78 is 84.0. The van der Waals surface area contributed by atoms with Gasteiger partial charge in [0.25, 0.3) is 0 Å². The van der Waals surface area contributed by atoms with Crippen LogP contribution >= 0.6 is 0 Å². The lowest BCUT2D eigenvalue weighted by atomic mass is 9.93. The second kappa shape index (κ2) is 10.4. The number of para-hydroxylation sites is 1. The van der Waals surface area contributed by atoms with Crippen molar-refractivity contribution in [2.24, 2.45) is 0 Å². The van der Waals surface area contributed by atoms with Gasteiger partial charge in [0.2, 0.25) is 15.9 Å². The summed E-state index contributed by atoms with van der Waals surface area (Å²) in [4.78, 5) is 16.4. The summed E-state index contributed by atoms with van der Waals surface area (Å²) in [5.41, 5.74) is -0.723. The minimum absolute atomic E-state index is 0.0483. The molecule has 1 N–H and O–H groups in total. The summed E-state index contributed by atoms with van der Waals surface area (Å²) in [7, 11) is -3.67. The lowest BCUT2D eigenvalue weighted by molar-refractivity contribution is -0.141. The number of aromatic nitrogens is 1. The molecule has 0 bridgehead atoms. The molecule has 186 valence electrons. The molecule has 3 rings (SSSR count). The van der Waals surface area contributed by atoms with E-state index in [0.29, 0.717) is 16.9 Å². The van der Waals surface area contributed by atoms with Crippen LogP contribution in [0, 0.1) is 5.82 Å². The predicted molar refractivity (Wildman–Crippen MR) is 122 cm³/mol. The number of hydrogen-bond donors (Lipinski definition) is 1. The van der Waals surface area contributed by atoms with Crippen LogP contribution in [0.3, 0.4) is 0 Å². The van der Waals surface area contributed by atoms with Crippen LogP contribution in [0.2, 0.25) is 0 Å². The summed E-state index contributed by atoms with van der Waals surface area (Å²) >= 11 is 0. The van der Waals surface area contributed by atoms with Gasteiger partial charge in [-0.3, -0.25) is 9.52 Å². The first-order chi connectivity index (χ1) is 16.3. The molecule has 2 aromatic carbocycles. The lowest BCUT2D eigenvalue weighted by Gasteiger charge is -2.15. The largest absolute Gasteiger partial charge is 0.439 e. The highest BCUT2D eigenvalue weighted by molar-refractivity contribution is 7.92. The number of nitrogens with one attached hydrogen (secondary N) is 1. The number of nitrogens with zero attached hydrogens (tertiary/aromatic N) is 1. The number of carbonyl (C=O) groups excluding carboxylic acids is 1. The number of benzene rings is 2. The van der Waals surface area contributed by atoms with Crippen molar-refractivity contribution in [2.75, 3.05) is 11.0 Å². The van der Waals surface area contributed by atoms with E-state index in [-0.39, 0.29) is 30.2 Å². The van der Waals surface area contributed by atoms with Crippen molar-refractivity contribution in [3.05, 3.63) is 83.3 Å². The fraction of sp³-hybridized carbons (Fsp3) is 0.250. The zero-order valence-electron chi connectivity index (χ0n) is 18.8. The van der Waals surface area contributed by atoms with Gasteiger partial charge in [0.1, 0.15) is 23.0 Å². The molecular weight excluding hydrogens is 488 g/mol. The molecule has 0 aliphatic heterocycles. The highest BCUT2D eigenvalue weighted by Gasteiger charge is 2.33. The SMILES string of the molecule is CC(C(=O)CCc1ccc(C(F)(F)F)nc1Oc1ccccc1)c1ccc(NS(C)(=O)=O)c(F)c1. The molecule has 1 aromatic heterocycles. The standard InChI is InChI=1S/C24H22F4N2O4S/c1-15(17-8-11-20(19(25)14-17)30-35(2,32)33)21(31)12-9-16-10-13-22(24(26,27)28)29-23(16)34-18-6-4-3-5-7-18/h3-8,10-11,13-15,30H,9,12H2,1-2H3. The Bertz CT molecular complexity index is 1310. The van der Waals surface area contributed by atoms with Crippen molar-refractivity contribution in [1.82, 2.24) is 4.98 Å². The maximum Gasteiger partial charge on any atom is 0.433 e. The molecule has 0 saturated heterocycles. The molecule has 0 radical (unpaired) electrons. The molecule has 1 atom stereocenters. The third-order valence-corrected chi connectivity index (χ3v) is 5.69. The Hall–Kier alpha value is -3.47. The maximum atomic E-state index is 14.3. The minimum atomic E-state index is -4.67. The van der Waals surface area contributed by atoms with Gasteiger partial charge in [-0.05, 0) is 42.3 Å². The molecule has 1 unspecified atom stereocenters. The number of aryl methyl sites for hydroxylation is 1. The molecule has 0 aliphatic rings. The highest BCUT2D eigenvalue weighted by Crippen LogP contribution is 2.33. The molecule has 6 nitrogen and oxygen atoms in total. The summed E-state index contributed by atoms with van der Waals surface area (Å²) in [5.74, 6) is -1.83. The number of Topliss-reactive ketones (excluding diaryl/α,β-unsaturated/α-hetero) is 1. The summed E-state index contributed by atoms with van der Waals surface area (Å²) in [6.45, 7) is 1.56. The molecule has 1 heterocycles. The van der Waals surface area contributed by atoms with Crippen molar-refractivity contribution in [1.29, 1.82) is 0 Å². The van der Waals surface area contributed by atoms with E-state index in [1.807, 2.05) is 4.72 Å². The van der Waals surface area contributed by atoms with E-state index in [9.17, 15) is 30.8 Å². The van der Waals surface area contributed by atoms with Gasteiger partial charge in [-0.2, -0.15) is 13.2 Å². The Kier molecular flexibility index (Phi) is 7.79. The van der Waals surface area contributed by atoms with Crippen molar-refractivity contribution in [3.63, 3.8) is 0 Å². The molecule has 0 saturated carbocycles. The third kappa shape index (κ3) is 7.25. The van der Waals surface area contributed by atoms with E-state index in [0.717, 1.165) is 18.4 Å². The van der Waals surface area contributed by atoms with Crippen LogP contribution in [0.1, 0.15) is 36.1 Å². The number of carbonyl (C=O) groups is 1. The average Bonchev–Trinajstić information content (AvgIpc) is 2.78. The van der Waals surface area contributed by atoms with Crippen LogP contribution in [0.4, 0.5) is 23.2 Å². The molecule has 0 spiro atoms. The number of hydrogen-bond acceptors (Lipinski definition) is 5. The second-order valence-corrected chi connectivity index (χ2v) is 9.62. The summed E-state index contributed by atoms with van der Waals surface area (Å²) in [6, 6.07) is 13.9. The van der Waals surface area contributed by atoms with Gasteiger partial charge in [-0.25, -0.2) is 17.8 Å². The van der Waals surface area contributed by atoms with Gasteiger partial charge < -0.3 is 4.74 Å². The Morgan fingerprint density at radius 1 is 1.09 bits per heavy atom. The van der Waals surface area contributed by atoms with Gasteiger partial charge in [0, 0.05) is 17.9 Å².